The van der Waals surface area contributed by atoms with Gasteiger partial charge >= 0.3 is 0 Å². The van der Waals surface area contributed by atoms with Crippen LogP contribution in [0.4, 0.5) is 0 Å². The predicted molar refractivity (Wildman–Crippen MR) is 96.6 cm³/mol. The monoisotopic (exact) mass is 344 g/mol. The number of hydrogen-bond acceptors (Lipinski definition) is 6. The highest BCUT2D eigenvalue weighted by Crippen LogP contribution is 2.16. The molecule has 0 bridgehead atoms. The molecule has 1 aromatic heterocycles. The first-order chi connectivity index (χ1) is 12.4. The topological polar surface area (TPSA) is 79.1 Å². The Morgan fingerprint density at radius 3 is 2.72 bits per heavy atom. The van der Waals surface area contributed by atoms with Crippen molar-refractivity contribution in [3.63, 3.8) is 0 Å². The summed E-state index contributed by atoms with van der Waals surface area (Å²) in [5, 5.41) is 24.6. The summed E-state index contributed by atoms with van der Waals surface area (Å²) < 4.78 is 1.82. The van der Waals surface area contributed by atoms with Gasteiger partial charge in [0.1, 0.15) is 0 Å². The van der Waals surface area contributed by atoms with Gasteiger partial charge in [0.05, 0.1) is 12.3 Å². The Balaban J connectivity index is 1.34. The molecule has 2 heterocycles. The summed E-state index contributed by atoms with van der Waals surface area (Å²) in [6.45, 7) is 5.37. The molecule has 0 saturated carbocycles. The summed E-state index contributed by atoms with van der Waals surface area (Å²) >= 11 is 0. The number of aliphatic hydroxyl groups excluding tert-OH is 1. The lowest BCUT2D eigenvalue weighted by molar-refractivity contribution is 0.147. The van der Waals surface area contributed by atoms with Gasteiger partial charge in [-0.25, -0.2) is 0 Å². The zero-order valence-electron chi connectivity index (χ0n) is 14.7. The molecule has 1 aliphatic heterocycles. The predicted octanol–water partition coefficient (Wildman–Crippen LogP) is 0.889. The molecule has 7 heteroatoms. The van der Waals surface area contributed by atoms with E-state index in [9.17, 15) is 0 Å². The van der Waals surface area contributed by atoms with E-state index in [2.05, 4.69) is 25.7 Å². The van der Waals surface area contributed by atoms with Gasteiger partial charge in [-0.1, -0.05) is 18.2 Å². The minimum absolute atomic E-state index is 0.269. The van der Waals surface area contributed by atoms with Crippen LogP contribution < -0.4 is 5.32 Å². The largest absolute Gasteiger partial charge is 0.395 e. The highest BCUT2D eigenvalue weighted by molar-refractivity contribution is 5.30. The number of nitrogens with zero attached hydrogens (tertiary/aromatic N) is 5. The third-order valence-electron chi connectivity index (χ3n) is 4.85. The van der Waals surface area contributed by atoms with Gasteiger partial charge < -0.3 is 15.3 Å². The summed E-state index contributed by atoms with van der Waals surface area (Å²) in [5.41, 5.74) is 1.00. The molecule has 0 unspecified atom stereocenters. The molecular formula is C18H28N6O. The van der Waals surface area contributed by atoms with Crippen molar-refractivity contribution in [1.82, 2.24) is 30.4 Å². The van der Waals surface area contributed by atoms with E-state index in [1.807, 2.05) is 35.0 Å². The van der Waals surface area contributed by atoms with Crippen LogP contribution in [0.15, 0.2) is 30.3 Å². The van der Waals surface area contributed by atoms with Crippen molar-refractivity contribution in [2.75, 3.05) is 39.3 Å². The van der Waals surface area contributed by atoms with Crippen LogP contribution in [0.25, 0.3) is 5.69 Å². The Morgan fingerprint density at radius 2 is 1.96 bits per heavy atom. The molecule has 3 rings (SSSR count). The van der Waals surface area contributed by atoms with Gasteiger partial charge in [0, 0.05) is 13.0 Å². The Bertz CT molecular complexity index is 609. The van der Waals surface area contributed by atoms with Crippen LogP contribution in [0.1, 0.15) is 25.1 Å². The Morgan fingerprint density at radius 1 is 1.16 bits per heavy atom. The molecule has 2 N–H and O–H groups in total. The number of aromatic nitrogens is 4. The molecular weight excluding hydrogens is 316 g/mol. The number of tetrazole rings is 1. The van der Waals surface area contributed by atoms with Crippen LogP contribution in [0.2, 0.25) is 0 Å². The van der Waals surface area contributed by atoms with E-state index in [4.69, 9.17) is 5.11 Å². The van der Waals surface area contributed by atoms with Gasteiger partial charge in [0.15, 0.2) is 5.82 Å². The van der Waals surface area contributed by atoms with Crippen molar-refractivity contribution < 1.29 is 5.11 Å². The van der Waals surface area contributed by atoms with E-state index >= 15 is 0 Å². The summed E-state index contributed by atoms with van der Waals surface area (Å²) in [6, 6.07) is 10.0. The van der Waals surface area contributed by atoms with Crippen molar-refractivity contribution >= 4 is 0 Å². The highest BCUT2D eigenvalue weighted by atomic mass is 16.3. The van der Waals surface area contributed by atoms with Crippen molar-refractivity contribution in [3.8, 4) is 5.69 Å². The first-order valence-corrected chi connectivity index (χ1v) is 9.23. The van der Waals surface area contributed by atoms with Gasteiger partial charge in [-0.15, -0.1) is 5.10 Å². The number of nitrogens with one attached hydrogen (secondary N) is 1. The Hall–Kier alpha value is -1.83. The minimum Gasteiger partial charge on any atom is -0.395 e. The molecule has 7 nitrogen and oxygen atoms in total. The van der Waals surface area contributed by atoms with Gasteiger partial charge in [0.2, 0.25) is 0 Å². The molecule has 25 heavy (non-hydrogen) atoms. The normalized spacial score (nSPS) is 16.4. The molecule has 2 aromatic rings. The Kier molecular flexibility index (Phi) is 6.90. The van der Waals surface area contributed by atoms with E-state index in [0.29, 0.717) is 0 Å². The van der Waals surface area contributed by atoms with Crippen LogP contribution in [0.3, 0.4) is 0 Å². The van der Waals surface area contributed by atoms with Crippen LogP contribution >= 0.6 is 0 Å². The molecule has 1 saturated heterocycles. The fourth-order valence-electron chi connectivity index (χ4n) is 3.36. The third-order valence-corrected chi connectivity index (χ3v) is 4.85. The van der Waals surface area contributed by atoms with Crippen molar-refractivity contribution in [3.05, 3.63) is 36.2 Å². The average Bonchev–Trinajstić information content (AvgIpc) is 3.12. The molecule has 0 aliphatic carbocycles. The van der Waals surface area contributed by atoms with Crippen molar-refractivity contribution in [2.24, 2.45) is 5.92 Å². The summed E-state index contributed by atoms with van der Waals surface area (Å²) in [4.78, 5) is 2.35. The second-order valence-corrected chi connectivity index (χ2v) is 6.66. The number of hydrogen-bond donors (Lipinski definition) is 2. The third kappa shape index (κ3) is 5.32. The highest BCUT2D eigenvalue weighted by Gasteiger charge is 2.18. The van der Waals surface area contributed by atoms with E-state index in [1.165, 1.54) is 12.8 Å². The zero-order chi connectivity index (χ0) is 17.3. The van der Waals surface area contributed by atoms with E-state index in [0.717, 1.165) is 63.0 Å². The van der Waals surface area contributed by atoms with Gasteiger partial charge in [-0.3, -0.25) is 0 Å². The van der Waals surface area contributed by atoms with E-state index in [1.54, 1.807) is 0 Å². The van der Waals surface area contributed by atoms with E-state index in [-0.39, 0.29) is 6.61 Å². The molecule has 1 aliphatic rings. The number of aliphatic hydroxyl groups is 1. The number of para-hydroxylation sites is 1. The lowest BCUT2D eigenvalue weighted by Crippen LogP contribution is -2.38. The number of piperidine rings is 1. The van der Waals surface area contributed by atoms with Crippen LogP contribution in [-0.4, -0.2) is 69.5 Å². The second-order valence-electron chi connectivity index (χ2n) is 6.66. The molecule has 1 fully saturated rings. The molecule has 0 amide bonds. The van der Waals surface area contributed by atoms with E-state index < -0.39 is 0 Å². The molecule has 1 aromatic carbocycles. The SMILES string of the molecule is OCCN1CCC(CNCCCc2nnnn2-c2ccccc2)CC1. The van der Waals surface area contributed by atoms with Crippen LogP contribution in [0, 0.1) is 5.92 Å². The smallest absolute Gasteiger partial charge is 0.156 e. The van der Waals surface area contributed by atoms with Gasteiger partial charge in [-0.2, -0.15) is 4.68 Å². The van der Waals surface area contributed by atoms with Gasteiger partial charge in [-0.05, 0) is 73.9 Å². The minimum atomic E-state index is 0.269. The quantitative estimate of drug-likeness (QED) is 0.658. The number of likely N-dealkylation sites (tertiary alicyclic amines) is 1. The fraction of sp³-hybridized carbons (Fsp3) is 0.611. The number of benzene rings is 1. The van der Waals surface area contributed by atoms with Crippen molar-refractivity contribution in [2.45, 2.75) is 25.7 Å². The molecule has 0 spiro atoms. The average molecular weight is 344 g/mol. The summed E-state index contributed by atoms with van der Waals surface area (Å²) in [7, 11) is 0. The van der Waals surface area contributed by atoms with Crippen LogP contribution in [0.5, 0.6) is 0 Å². The second kappa shape index (κ2) is 9.60. The number of rotatable bonds is 9. The maximum absolute atomic E-state index is 8.99. The molecule has 136 valence electrons. The summed E-state index contributed by atoms with van der Waals surface area (Å²) in [5.74, 6) is 1.66. The van der Waals surface area contributed by atoms with Gasteiger partial charge in [0.25, 0.3) is 0 Å². The Labute approximate surface area is 149 Å². The lowest BCUT2D eigenvalue weighted by Gasteiger charge is -2.31. The molecule has 0 radical (unpaired) electrons. The number of aryl methyl sites for hydroxylation is 1. The first kappa shape index (κ1) is 18.0. The summed E-state index contributed by atoms with van der Waals surface area (Å²) in [6.07, 6.45) is 4.33. The zero-order valence-corrected chi connectivity index (χ0v) is 14.7. The van der Waals surface area contributed by atoms with Crippen LogP contribution in [-0.2, 0) is 6.42 Å². The van der Waals surface area contributed by atoms with Crippen molar-refractivity contribution in [1.29, 1.82) is 0 Å². The fourth-order valence-corrected chi connectivity index (χ4v) is 3.36. The maximum atomic E-state index is 8.99. The maximum Gasteiger partial charge on any atom is 0.156 e. The first-order valence-electron chi connectivity index (χ1n) is 9.23. The molecule has 0 atom stereocenters. The number of β-amino-alcohol motifs (C(OH)–C–C–N with tert-alkyl or cyclic N) is 1. The standard InChI is InChI=1S/C18H28N6O/c25-14-13-23-11-8-16(9-12-23)15-19-10-4-7-18-20-21-22-24(18)17-5-2-1-3-6-17/h1-3,5-6,16,19,25H,4,7-15H2. The lowest BCUT2D eigenvalue weighted by atomic mass is 9.97.